The third kappa shape index (κ3) is 2.58. The van der Waals surface area contributed by atoms with Crippen LogP contribution in [-0.2, 0) is 11.2 Å². The van der Waals surface area contributed by atoms with Gasteiger partial charge in [0.05, 0.1) is 6.04 Å². The molecule has 0 unspecified atom stereocenters. The van der Waals surface area contributed by atoms with Gasteiger partial charge in [-0.15, -0.1) is 0 Å². The van der Waals surface area contributed by atoms with E-state index in [9.17, 15) is 4.79 Å². The normalized spacial score (nSPS) is 17.7. The van der Waals surface area contributed by atoms with Gasteiger partial charge in [0.2, 0.25) is 5.91 Å². The number of aryl methyl sites for hydroxylation is 2. The minimum absolute atomic E-state index is 0.00622. The number of carbonyl (C=O) groups excluding carboxylic acids is 1. The first kappa shape index (κ1) is 14.9. The zero-order chi connectivity index (χ0) is 16.5. The number of benzene rings is 1. The molecular weight excluding hydrogens is 304 g/mol. The van der Waals surface area contributed by atoms with Crippen LogP contribution in [0.15, 0.2) is 35.1 Å². The van der Waals surface area contributed by atoms with Gasteiger partial charge in [-0.3, -0.25) is 4.79 Å². The number of H-pyrrole nitrogens is 1. The highest BCUT2D eigenvalue weighted by Gasteiger charge is 2.33. The predicted molar refractivity (Wildman–Crippen MR) is 89.3 cm³/mol. The van der Waals surface area contributed by atoms with Gasteiger partial charge in [-0.1, -0.05) is 28.5 Å². The number of hydrogen-bond donors (Lipinski definition) is 1. The van der Waals surface area contributed by atoms with Gasteiger partial charge in [0.1, 0.15) is 11.4 Å². The van der Waals surface area contributed by atoms with Crippen LogP contribution in [0.25, 0.3) is 10.9 Å². The van der Waals surface area contributed by atoms with Gasteiger partial charge in [0.25, 0.3) is 0 Å². The van der Waals surface area contributed by atoms with Gasteiger partial charge in [0, 0.05) is 30.1 Å². The van der Waals surface area contributed by atoms with Crippen LogP contribution >= 0.6 is 0 Å². The number of likely N-dealkylation sites (tertiary alicyclic amines) is 1. The lowest BCUT2D eigenvalue weighted by Crippen LogP contribution is -2.31. The van der Waals surface area contributed by atoms with Crippen molar-refractivity contribution >= 4 is 16.8 Å². The highest BCUT2D eigenvalue weighted by atomic mass is 16.6. The Balaban J connectivity index is 1.47. The lowest BCUT2D eigenvalue weighted by Gasteiger charge is -2.23. The molecule has 4 rings (SSSR count). The van der Waals surface area contributed by atoms with Gasteiger partial charge in [-0.2, -0.15) is 0 Å². The Morgan fingerprint density at radius 1 is 1.38 bits per heavy atom. The quantitative estimate of drug-likeness (QED) is 0.800. The number of nitrogens with one attached hydrogen (secondary N) is 1. The fourth-order valence-corrected chi connectivity index (χ4v) is 3.61. The zero-order valence-electron chi connectivity index (χ0n) is 13.7. The summed E-state index contributed by atoms with van der Waals surface area (Å²) in [7, 11) is 0. The van der Waals surface area contributed by atoms with E-state index < -0.39 is 0 Å². The molecule has 3 aromatic rings. The number of hydrogen-bond acceptors (Lipinski definition) is 4. The second-order valence-electron chi connectivity index (χ2n) is 6.34. The van der Waals surface area contributed by atoms with Gasteiger partial charge in [0.15, 0.2) is 0 Å². The van der Waals surface area contributed by atoms with Crippen molar-refractivity contribution in [1.29, 1.82) is 0 Å². The molecule has 124 valence electrons. The maximum atomic E-state index is 12.7. The summed E-state index contributed by atoms with van der Waals surface area (Å²) in [5.41, 5.74) is 3.88. The monoisotopic (exact) mass is 324 g/mol. The summed E-state index contributed by atoms with van der Waals surface area (Å²) in [6, 6.07) is 8.19. The first-order valence-electron chi connectivity index (χ1n) is 8.37. The minimum Gasteiger partial charge on any atom is -0.361 e. The van der Waals surface area contributed by atoms with Crippen molar-refractivity contribution in [1.82, 2.24) is 20.2 Å². The molecule has 1 aliphatic heterocycles. The Labute approximate surface area is 139 Å². The SMILES string of the molecule is Cc1nonc1[C@H]1CCCN1C(=O)CCc1c[nH]c2ccccc12. The van der Waals surface area contributed by atoms with Crippen LogP contribution in [-0.4, -0.2) is 32.6 Å². The molecule has 2 aromatic heterocycles. The van der Waals surface area contributed by atoms with Crippen molar-refractivity contribution < 1.29 is 9.42 Å². The van der Waals surface area contributed by atoms with E-state index in [1.165, 1.54) is 10.9 Å². The second kappa shape index (κ2) is 6.11. The Kier molecular flexibility index (Phi) is 3.80. The van der Waals surface area contributed by atoms with Crippen molar-refractivity contribution in [2.24, 2.45) is 0 Å². The third-order valence-corrected chi connectivity index (χ3v) is 4.86. The Morgan fingerprint density at radius 3 is 3.08 bits per heavy atom. The average Bonchev–Trinajstić information content (AvgIpc) is 3.31. The molecule has 0 aliphatic carbocycles. The van der Waals surface area contributed by atoms with Crippen LogP contribution in [0.2, 0.25) is 0 Å². The largest absolute Gasteiger partial charge is 0.361 e. The van der Waals surface area contributed by atoms with Crippen molar-refractivity contribution in [2.75, 3.05) is 6.54 Å². The summed E-state index contributed by atoms with van der Waals surface area (Å²) >= 11 is 0. The fourth-order valence-electron chi connectivity index (χ4n) is 3.61. The van der Waals surface area contributed by atoms with E-state index in [1.807, 2.05) is 30.2 Å². The zero-order valence-corrected chi connectivity index (χ0v) is 13.7. The maximum absolute atomic E-state index is 12.7. The third-order valence-electron chi connectivity index (χ3n) is 4.86. The minimum atomic E-state index is 0.00622. The maximum Gasteiger partial charge on any atom is 0.223 e. The van der Waals surface area contributed by atoms with Gasteiger partial charge in [-0.25, -0.2) is 4.63 Å². The average molecular weight is 324 g/mol. The molecule has 0 spiro atoms. The molecule has 6 nitrogen and oxygen atoms in total. The standard InChI is InChI=1S/C18H20N4O2/c1-12-18(21-24-20-12)16-7-4-10-22(16)17(23)9-8-13-11-19-15-6-3-2-5-14(13)15/h2-3,5-6,11,16,19H,4,7-10H2,1H3/t16-/m1/s1. The van der Waals surface area contributed by atoms with Crippen LogP contribution in [0, 0.1) is 6.92 Å². The number of aromatic amines is 1. The molecule has 1 aliphatic rings. The molecule has 0 bridgehead atoms. The number of para-hydroxylation sites is 1. The lowest BCUT2D eigenvalue weighted by atomic mass is 10.1. The number of amides is 1. The van der Waals surface area contributed by atoms with Crippen molar-refractivity contribution in [3.05, 3.63) is 47.4 Å². The molecule has 0 saturated carbocycles. The Hall–Kier alpha value is -2.63. The van der Waals surface area contributed by atoms with Crippen LogP contribution in [0.3, 0.4) is 0 Å². The van der Waals surface area contributed by atoms with Crippen LogP contribution < -0.4 is 0 Å². The molecular formula is C18H20N4O2. The molecule has 6 heteroatoms. The Morgan fingerprint density at radius 2 is 2.25 bits per heavy atom. The van der Waals surface area contributed by atoms with Crippen LogP contribution in [0.1, 0.15) is 42.3 Å². The molecule has 3 heterocycles. The van der Waals surface area contributed by atoms with E-state index in [1.54, 1.807) is 0 Å². The predicted octanol–water partition coefficient (Wildman–Crippen LogP) is 3.16. The Bertz CT molecular complexity index is 867. The fraction of sp³-hybridized carbons (Fsp3) is 0.389. The van der Waals surface area contributed by atoms with Crippen molar-refractivity contribution in [3.8, 4) is 0 Å². The summed E-state index contributed by atoms with van der Waals surface area (Å²) in [4.78, 5) is 17.9. The molecule has 1 saturated heterocycles. The molecule has 1 aromatic carbocycles. The molecule has 1 fully saturated rings. The van der Waals surface area contributed by atoms with Crippen molar-refractivity contribution in [2.45, 2.75) is 38.6 Å². The smallest absolute Gasteiger partial charge is 0.223 e. The van der Waals surface area contributed by atoms with Crippen LogP contribution in [0.4, 0.5) is 0 Å². The molecule has 24 heavy (non-hydrogen) atoms. The van der Waals surface area contributed by atoms with E-state index in [2.05, 4.69) is 27.4 Å². The molecule has 1 amide bonds. The van der Waals surface area contributed by atoms with E-state index >= 15 is 0 Å². The first-order valence-corrected chi connectivity index (χ1v) is 8.37. The van der Waals surface area contributed by atoms with Gasteiger partial charge < -0.3 is 9.88 Å². The highest BCUT2D eigenvalue weighted by Crippen LogP contribution is 2.32. The van der Waals surface area contributed by atoms with E-state index in [0.29, 0.717) is 6.42 Å². The summed E-state index contributed by atoms with van der Waals surface area (Å²) in [6.07, 6.45) is 5.17. The summed E-state index contributed by atoms with van der Waals surface area (Å²) in [5.74, 6) is 0.171. The van der Waals surface area contributed by atoms with E-state index in [0.717, 1.165) is 42.7 Å². The summed E-state index contributed by atoms with van der Waals surface area (Å²) < 4.78 is 4.81. The highest BCUT2D eigenvalue weighted by molar-refractivity contribution is 5.84. The molecule has 1 N–H and O–H groups in total. The topological polar surface area (TPSA) is 75.0 Å². The summed E-state index contributed by atoms with van der Waals surface area (Å²) in [5, 5.41) is 9.04. The molecule has 0 radical (unpaired) electrons. The summed E-state index contributed by atoms with van der Waals surface area (Å²) in [6.45, 7) is 2.66. The number of fused-ring (bicyclic) bond motifs is 1. The van der Waals surface area contributed by atoms with Crippen molar-refractivity contribution in [3.63, 3.8) is 0 Å². The number of rotatable bonds is 4. The first-order chi connectivity index (χ1) is 11.7. The number of nitrogens with zero attached hydrogens (tertiary/aromatic N) is 3. The van der Waals surface area contributed by atoms with Gasteiger partial charge >= 0.3 is 0 Å². The van der Waals surface area contributed by atoms with Crippen LogP contribution in [0.5, 0.6) is 0 Å². The lowest BCUT2D eigenvalue weighted by molar-refractivity contribution is -0.132. The number of aromatic nitrogens is 3. The van der Waals surface area contributed by atoms with E-state index in [-0.39, 0.29) is 11.9 Å². The molecule has 1 atom stereocenters. The van der Waals surface area contributed by atoms with E-state index in [4.69, 9.17) is 4.63 Å². The van der Waals surface area contributed by atoms with Gasteiger partial charge in [-0.05, 0) is 37.8 Å². The number of carbonyl (C=O) groups is 1. The second-order valence-corrected chi connectivity index (χ2v) is 6.34.